The Morgan fingerprint density at radius 3 is 2.92 bits per heavy atom. The molecule has 4 rings (SSSR count). The number of aromatic nitrogens is 2. The van der Waals surface area contributed by atoms with Crippen LogP contribution in [0.1, 0.15) is 28.0 Å². The number of rotatable bonds is 3. The fraction of sp³-hybridized carbons (Fsp3) is 0.150. The zero-order chi connectivity index (χ0) is 17.2. The Labute approximate surface area is 149 Å². The molecule has 1 aliphatic carbocycles. The number of thiazole rings is 1. The van der Waals surface area contributed by atoms with E-state index in [1.807, 2.05) is 47.9 Å². The Kier molecular flexibility index (Phi) is 4.15. The van der Waals surface area contributed by atoms with Crippen molar-refractivity contribution in [2.75, 3.05) is 7.11 Å². The van der Waals surface area contributed by atoms with E-state index >= 15 is 0 Å². The van der Waals surface area contributed by atoms with E-state index < -0.39 is 0 Å². The lowest BCUT2D eigenvalue weighted by molar-refractivity contribution is 0.102. The average molecular weight is 348 g/mol. The largest absolute Gasteiger partial charge is 0.497 e. The van der Waals surface area contributed by atoms with Crippen LogP contribution >= 0.6 is 11.3 Å². The van der Waals surface area contributed by atoms with Crippen molar-refractivity contribution in [2.45, 2.75) is 12.8 Å². The van der Waals surface area contributed by atoms with E-state index in [1.54, 1.807) is 13.3 Å². The summed E-state index contributed by atoms with van der Waals surface area (Å²) in [4.78, 5) is 21.7. The third-order valence-electron chi connectivity index (χ3n) is 4.24. The van der Waals surface area contributed by atoms with Gasteiger partial charge in [-0.3, -0.25) is 9.78 Å². The van der Waals surface area contributed by atoms with E-state index in [0.29, 0.717) is 0 Å². The van der Waals surface area contributed by atoms with Gasteiger partial charge in [0, 0.05) is 22.7 Å². The highest BCUT2D eigenvalue weighted by Gasteiger charge is 2.22. The summed E-state index contributed by atoms with van der Waals surface area (Å²) in [7, 11) is 1.64. The highest BCUT2D eigenvalue weighted by atomic mass is 32.1. The number of hydrogen-bond acceptors (Lipinski definition) is 5. The Hall–Kier alpha value is -2.79. The van der Waals surface area contributed by atoms with Crippen LogP contribution in [0.15, 0.2) is 53.5 Å². The number of ketones is 1. The summed E-state index contributed by atoms with van der Waals surface area (Å²) >= 11 is 1.54. The first kappa shape index (κ1) is 15.7. The molecule has 1 aliphatic rings. The van der Waals surface area contributed by atoms with Gasteiger partial charge in [-0.05, 0) is 54.8 Å². The Bertz CT molecular complexity index is 961. The fourth-order valence-electron chi connectivity index (χ4n) is 2.96. The van der Waals surface area contributed by atoms with Crippen LogP contribution in [0.2, 0.25) is 0 Å². The minimum absolute atomic E-state index is 0.0799. The van der Waals surface area contributed by atoms with Crippen molar-refractivity contribution in [3.05, 3.63) is 70.4 Å². The lowest BCUT2D eigenvalue weighted by Crippen LogP contribution is -2.14. The number of carbonyl (C=O) groups excluding carboxylic acids is 1. The van der Waals surface area contributed by atoms with Crippen LogP contribution in [0.25, 0.3) is 16.8 Å². The van der Waals surface area contributed by atoms with Crippen molar-refractivity contribution in [2.24, 2.45) is 0 Å². The normalized spacial score (nSPS) is 15.2. The molecular formula is C20H16N2O2S. The Morgan fingerprint density at radius 2 is 2.12 bits per heavy atom. The maximum atomic E-state index is 12.8. The maximum absolute atomic E-state index is 12.8. The number of carbonyl (C=O) groups is 1. The van der Waals surface area contributed by atoms with Gasteiger partial charge in [0.1, 0.15) is 10.8 Å². The zero-order valence-electron chi connectivity index (χ0n) is 13.7. The number of Topliss-reactive ketones (excluding diaryl/α,β-unsaturated/α-hetero) is 1. The van der Waals surface area contributed by atoms with Gasteiger partial charge >= 0.3 is 0 Å². The van der Waals surface area contributed by atoms with E-state index in [-0.39, 0.29) is 5.78 Å². The predicted molar refractivity (Wildman–Crippen MR) is 99.0 cm³/mol. The molecule has 0 atom stereocenters. The van der Waals surface area contributed by atoms with Crippen molar-refractivity contribution >= 4 is 23.2 Å². The topological polar surface area (TPSA) is 52.1 Å². The highest BCUT2D eigenvalue weighted by molar-refractivity contribution is 7.13. The first-order valence-corrected chi connectivity index (χ1v) is 8.91. The third kappa shape index (κ3) is 3.10. The molecule has 0 saturated heterocycles. The molecule has 0 unspecified atom stereocenters. The molecule has 0 N–H and O–H groups in total. The van der Waals surface area contributed by atoms with Crippen molar-refractivity contribution in [3.63, 3.8) is 0 Å². The lowest BCUT2D eigenvalue weighted by atomic mass is 9.86. The lowest BCUT2D eigenvalue weighted by Gasteiger charge is -2.18. The summed E-state index contributed by atoms with van der Waals surface area (Å²) in [6.45, 7) is 0. The number of allylic oxidation sites excluding steroid dienone is 1. The van der Waals surface area contributed by atoms with Crippen LogP contribution < -0.4 is 4.74 Å². The van der Waals surface area contributed by atoms with E-state index in [0.717, 1.165) is 51.7 Å². The van der Waals surface area contributed by atoms with Crippen molar-refractivity contribution in [1.29, 1.82) is 0 Å². The first-order chi connectivity index (χ1) is 12.2. The number of hydrogen-bond donors (Lipinski definition) is 0. The molecule has 25 heavy (non-hydrogen) atoms. The molecule has 1 aromatic carbocycles. The van der Waals surface area contributed by atoms with E-state index in [9.17, 15) is 4.79 Å². The van der Waals surface area contributed by atoms with Gasteiger partial charge in [-0.15, -0.1) is 11.3 Å². The number of nitrogens with zero attached hydrogens (tertiary/aromatic N) is 2. The van der Waals surface area contributed by atoms with Crippen LogP contribution in [0, 0.1) is 0 Å². The van der Waals surface area contributed by atoms with Gasteiger partial charge in [-0.1, -0.05) is 6.07 Å². The molecule has 0 amide bonds. The van der Waals surface area contributed by atoms with Gasteiger partial charge in [0.2, 0.25) is 0 Å². The Balaban J connectivity index is 1.62. The second kappa shape index (κ2) is 6.61. The SMILES string of the molecule is COc1ccc2c(c1)CC/C(=C/c1csc(-c3ccccn3)n1)C2=O. The number of methoxy groups -OCH3 is 1. The monoisotopic (exact) mass is 348 g/mol. The average Bonchev–Trinajstić information content (AvgIpc) is 3.13. The van der Waals surface area contributed by atoms with Crippen LogP contribution in [-0.4, -0.2) is 22.9 Å². The summed E-state index contributed by atoms with van der Waals surface area (Å²) in [6.07, 6.45) is 5.21. The summed E-state index contributed by atoms with van der Waals surface area (Å²) < 4.78 is 5.24. The van der Waals surface area contributed by atoms with Crippen LogP contribution in [0.5, 0.6) is 5.75 Å². The third-order valence-corrected chi connectivity index (χ3v) is 5.12. The van der Waals surface area contributed by atoms with Gasteiger partial charge in [-0.25, -0.2) is 4.98 Å². The molecule has 4 nitrogen and oxygen atoms in total. The van der Waals surface area contributed by atoms with Crippen LogP contribution in [0.4, 0.5) is 0 Å². The first-order valence-electron chi connectivity index (χ1n) is 8.04. The van der Waals surface area contributed by atoms with Gasteiger partial charge in [0.15, 0.2) is 5.78 Å². The maximum Gasteiger partial charge on any atom is 0.189 e. The second-order valence-corrected chi connectivity index (χ2v) is 6.67. The van der Waals surface area contributed by atoms with Gasteiger partial charge < -0.3 is 4.74 Å². The molecular weight excluding hydrogens is 332 g/mol. The zero-order valence-corrected chi connectivity index (χ0v) is 14.5. The molecule has 0 spiro atoms. The molecule has 5 heteroatoms. The molecule has 3 aromatic rings. The van der Waals surface area contributed by atoms with E-state index in [2.05, 4.69) is 9.97 Å². The van der Waals surface area contributed by atoms with Gasteiger partial charge in [0.05, 0.1) is 18.5 Å². The van der Waals surface area contributed by atoms with E-state index in [1.165, 1.54) is 11.3 Å². The molecule has 0 radical (unpaired) electrons. The number of benzene rings is 1. The number of pyridine rings is 1. The minimum atomic E-state index is 0.0799. The fourth-order valence-corrected chi connectivity index (χ4v) is 3.71. The Morgan fingerprint density at radius 1 is 1.20 bits per heavy atom. The molecule has 124 valence electrons. The quantitative estimate of drug-likeness (QED) is 0.657. The molecule has 0 bridgehead atoms. The molecule has 0 fully saturated rings. The highest BCUT2D eigenvalue weighted by Crippen LogP contribution is 2.30. The minimum Gasteiger partial charge on any atom is -0.497 e. The summed E-state index contributed by atoms with van der Waals surface area (Å²) in [6, 6.07) is 11.4. The molecule has 2 aromatic heterocycles. The van der Waals surface area contributed by atoms with Crippen molar-refractivity contribution < 1.29 is 9.53 Å². The predicted octanol–water partition coefficient (Wildman–Crippen LogP) is 4.43. The summed E-state index contributed by atoms with van der Waals surface area (Å²) in [5, 5.41) is 2.83. The van der Waals surface area contributed by atoms with Crippen LogP contribution in [-0.2, 0) is 6.42 Å². The second-order valence-electron chi connectivity index (χ2n) is 5.81. The summed E-state index contributed by atoms with van der Waals surface area (Å²) in [5.74, 6) is 0.870. The number of fused-ring (bicyclic) bond motifs is 1. The molecule has 0 aliphatic heterocycles. The van der Waals surface area contributed by atoms with E-state index in [4.69, 9.17) is 4.74 Å². The van der Waals surface area contributed by atoms with Crippen molar-refractivity contribution in [3.8, 4) is 16.5 Å². The summed E-state index contributed by atoms with van der Waals surface area (Å²) in [5.41, 5.74) is 4.28. The molecule has 2 heterocycles. The smallest absolute Gasteiger partial charge is 0.189 e. The number of aryl methyl sites for hydroxylation is 1. The standard InChI is InChI=1S/C20H16N2O2S/c1-24-16-7-8-17-13(11-16)5-6-14(19(17)23)10-15-12-25-20(22-15)18-4-2-3-9-21-18/h2-4,7-12H,5-6H2,1H3/b14-10-. The van der Waals surface area contributed by atoms with Gasteiger partial charge in [0.25, 0.3) is 0 Å². The van der Waals surface area contributed by atoms with Crippen molar-refractivity contribution in [1.82, 2.24) is 9.97 Å². The van der Waals surface area contributed by atoms with Gasteiger partial charge in [-0.2, -0.15) is 0 Å². The molecule has 0 saturated carbocycles. The van der Waals surface area contributed by atoms with Crippen LogP contribution in [0.3, 0.4) is 0 Å². The number of ether oxygens (including phenoxy) is 1.